The van der Waals surface area contributed by atoms with Gasteiger partial charge in [-0.1, -0.05) is 7.43 Å². The molecule has 0 bridgehead atoms. The van der Waals surface area contributed by atoms with Crippen molar-refractivity contribution in [2.45, 2.75) is 58.5 Å². The summed E-state index contributed by atoms with van der Waals surface area (Å²) in [5.41, 5.74) is -0.357. The average molecular weight is 225 g/mol. The Morgan fingerprint density at radius 2 is 1.94 bits per heavy atom. The monoisotopic (exact) mass is 225 g/mol. The van der Waals surface area contributed by atoms with E-state index in [0.29, 0.717) is 0 Å². The fourth-order valence-electron chi connectivity index (χ4n) is 2.37. The van der Waals surface area contributed by atoms with E-state index in [4.69, 9.17) is 0 Å². The predicted octanol–water partition coefficient (Wildman–Crippen LogP) is 2.39. The van der Waals surface area contributed by atoms with Gasteiger partial charge < -0.3 is 4.90 Å². The van der Waals surface area contributed by atoms with Gasteiger partial charge in [0.15, 0.2) is 0 Å². The minimum atomic E-state index is -0.358. The fraction of sp³-hybridized carbons (Fsp3) is 0.923. The van der Waals surface area contributed by atoms with Crippen molar-refractivity contribution in [3.05, 3.63) is 0 Å². The molecule has 0 aromatic heterocycles. The first kappa shape index (κ1) is 15.4. The van der Waals surface area contributed by atoms with Gasteiger partial charge in [0.25, 0.3) is 0 Å². The molecule has 0 radical (unpaired) electrons. The molecule has 0 amide bonds. The number of nitrogens with zero attached hydrogens (tertiary/aromatic N) is 2. The number of nitrogens with one attached hydrogen (secondary N) is 1. The van der Waals surface area contributed by atoms with Crippen LogP contribution in [-0.2, 0) is 0 Å². The number of nitriles is 1. The van der Waals surface area contributed by atoms with Gasteiger partial charge >= 0.3 is 0 Å². The highest BCUT2D eigenvalue weighted by Gasteiger charge is 2.35. The fourth-order valence-corrected chi connectivity index (χ4v) is 2.37. The van der Waals surface area contributed by atoms with Crippen molar-refractivity contribution in [3.63, 3.8) is 0 Å². The molecule has 3 heteroatoms. The van der Waals surface area contributed by atoms with E-state index in [1.54, 1.807) is 0 Å². The summed E-state index contributed by atoms with van der Waals surface area (Å²) in [7, 11) is 2.10. The van der Waals surface area contributed by atoms with Crippen LogP contribution in [0.3, 0.4) is 0 Å². The Bertz CT molecular complexity index is 249. The van der Waals surface area contributed by atoms with Crippen LogP contribution in [0.15, 0.2) is 0 Å². The molecule has 0 aliphatic carbocycles. The number of hydrogen-bond acceptors (Lipinski definition) is 3. The summed E-state index contributed by atoms with van der Waals surface area (Å²) in [4.78, 5) is 2.26. The topological polar surface area (TPSA) is 39.1 Å². The summed E-state index contributed by atoms with van der Waals surface area (Å²) >= 11 is 0. The number of hydrogen-bond donors (Lipinski definition) is 1. The zero-order valence-corrected chi connectivity index (χ0v) is 10.4. The molecular weight excluding hydrogens is 198 g/mol. The van der Waals surface area contributed by atoms with Crippen molar-refractivity contribution in [1.82, 2.24) is 10.2 Å². The van der Waals surface area contributed by atoms with E-state index in [1.165, 1.54) is 6.42 Å². The van der Waals surface area contributed by atoms with Crippen molar-refractivity contribution in [2.75, 3.05) is 20.1 Å². The lowest BCUT2D eigenvalue weighted by molar-refractivity contribution is 0.225. The molecule has 3 nitrogen and oxygen atoms in total. The maximum atomic E-state index is 9.41. The van der Waals surface area contributed by atoms with Gasteiger partial charge in [-0.05, 0) is 53.6 Å². The molecule has 94 valence electrons. The molecule has 0 saturated carbocycles. The first-order valence-electron chi connectivity index (χ1n) is 5.76. The van der Waals surface area contributed by atoms with Crippen molar-refractivity contribution in [3.8, 4) is 6.07 Å². The van der Waals surface area contributed by atoms with Crippen LogP contribution in [0.25, 0.3) is 0 Å². The van der Waals surface area contributed by atoms with E-state index in [2.05, 4.69) is 44.1 Å². The second kappa shape index (κ2) is 5.65. The molecule has 1 aliphatic heterocycles. The minimum Gasteiger partial charge on any atom is -0.303 e. The normalized spacial score (nSPS) is 27.7. The van der Waals surface area contributed by atoms with Gasteiger partial charge in [0.1, 0.15) is 5.54 Å². The summed E-state index contributed by atoms with van der Waals surface area (Å²) in [6, 6.07) is 2.49. The maximum absolute atomic E-state index is 9.41. The lowest BCUT2D eigenvalue weighted by Gasteiger charge is -2.36. The van der Waals surface area contributed by atoms with Crippen LogP contribution in [0.4, 0.5) is 0 Å². The van der Waals surface area contributed by atoms with Crippen LogP contribution in [0.5, 0.6) is 0 Å². The molecule has 1 N–H and O–H groups in total. The molecule has 1 aliphatic rings. The highest BCUT2D eigenvalue weighted by atomic mass is 15.2. The van der Waals surface area contributed by atoms with Gasteiger partial charge in [0.05, 0.1) is 6.07 Å². The molecule has 0 spiro atoms. The van der Waals surface area contributed by atoms with Crippen molar-refractivity contribution in [1.29, 1.82) is 5.26 Å². The Morgan fingerprint density at radius 3 is 2.44 bits per heavy atom. The van der Waals surface area contributed by atoms with Crippen LogP contribution in [0.1, 0.15) is 47.5 Å². The number of likely N-dealkylation sites (tertiary alicyclic amines) is 1. The van der Waals surface area contributed by atoms with E-state index in [-0.39, 0.29) is 18.5 Å². The van der Waals surface area contributed by atoms with Gasteiger partial charge in [-0.25, -0.2) is 0 Å². The van der Waals surface area contributed by atoms with E-state index < -0.39 is 0 Å². The zero-order valence-electron chi connectivity index (χ0n) is 10.4. The van der Waals surface area contributed by atoms with Crippen LogP contribution in [0, 0.1) is 11.3 Å². The highest BCUT2D eigenvalue weighted by molar-refractivity contribution is 5.11. The van der Waals surface area contributed by atoms with Crippen molar-refractivity contribution < 1.29 is 0 Å². The van der Waals surface area contributed by atoms with E-state index in [1.807, 2.05) is 0 Å². The Kier molecular flexibility index (Phi) is 5.44. The van der Waals surface area contributed by atoms with Crippen LogP contribution >= 0.6 is 0 Å². The third-order valence-corrected chi connectivity index (χ3v) is 2.76. The van der Waals surface area contributed by atoms with E-state index in [9.17, 15) is 5.26 Å². The molecule has 1 saturated heterocycles. The number of likely N-dealkylation sites (N-methyl/N-ethyl adjacent to an activating group) is 1. The smallest absolute Gasteiger partial charge is 0.119 e. The lowest BCUT2D eigenvalue weighted by atomic mass is 9.91. The van der Waals surface area contributed by atoms with Crippen molar-refractivity contribution in [2.24, 2.45) is 0 Å². The van der Waals surface area contributed by atoms with Crippen molar-refractivity contribution >= 4 is 0 Å². The molecule has 1 atom stereocenters. The van der Waals surface area contributed by atoms with Crippen LogP contribution in [-0.4, -0.2) is 36.1 Å². The van der Waals surface area contributed by atoms with Crippen LogP contribution in [0.2, 0.25) is 0 Å². The average Bonchev–Trinajstić information content (AvgIpc) is 2.25. The maximum Gasteiger partial charge on any atom is 0.119 e. The summed E-state index contributed by atoms with van der Waals surface area (Å²) in [6.45, 7) is 8.31. The summed E-state index contributed by atoms with van der Waals surface area (Å²) in [6.07, 6.45) is 3.30. The number of rotatable bonds is 1. The highest BCUT2D eigenvalue weighted by Crippen LogP contribution is 2.22. The predicted molar refractivity (Wildman–Crippen MR) is 69.3 cm³/mol. The zero-order chi connectivity index (χ0) is 11.5. The quantitative estimate of drug-likeness (QED) is 0.745. The van der Waals surface area contributed by atoms with Gasteiger partial charge in [0.2, 0.25) is 0 Å². The molecule has 1 fully saturated rings. The summed E-state index contributed by atoms with van der Waals surface area (Å²) in [5, 5.41) is 12.9. The van der Waals surface area contributed by atoms with Gasteiger partial charge in [-0.2, -0.15) is 5.26 Å². The lowest BCUT2D eigenvalue weighted by Crippen LogP contribution is -2.57. The molecule has 1 unspecified atom stereocenters. The third kappa shape index (κ3) is 4.51. The summed E-state index contributed by atoms with van der Waals surface area (Å²) in [5.74, 6) is 0. The second-order valence-corrected chi connectivity index (χ2v) is 5.76. The molecular formula is C13H27N3. The third-order valence-electron chi connectivity index (χ3n) is 2.76. The van der Waals surface area contributed by atoms with Gasteiger partial charge in [-0.15, -0.1) is 0 Å². The Hall–Kier alpha value is -0.590. The van der Waals surface area contributed by atoms with Crippen LogP contribution < -0.4 is 5.32 Å². The summed E-state index contributed by atoms with van der Waals surface area (Å²) < 4.78 is 0. The largest absolute Gasteiger partial charge is 0.303 e. The molecule has 1 rings (SSSR count). The Morgan fingerprint density at radius 1 is 1.31 bits per heavy atom. The van der Waals surface area contributed by atoms with E-state index >= 15 is 0 Å². The molecule has 0 aromatic carbocycles. The molecule has 1 heterocycles. The van der Waals surface area contributed by atoms with Gasteiger partial charge in [-0.3, -0.25) is 5.32 Å². The Labute approximate surface area is 101 Å². The van der Waals surface area contributed by atoms with Gasteiger partial charge in [0, 0.05) is 12.1 Å². The standard InChI is InChI=1S/C12H23N3.CH4/c1-11(2,3)14-12(9-13)7-5-6-8-15(4)10-12;/h14H,5-8,10H2,1-4H3;1H4. The second-order valence-electron chi connectivity index (χ2n) is 5.76. The first-order chi connectivity index (χ1) is 6.87. The SMILES string of the molecule is C.CN1CCCCC(C#N)(NC(C)(C)C)C1. The molecule has 16 heavy (non-hydrogen) atoms. The minimum absolute atomic E-state index is 0. The Balaban J connectivity index is 0.00000225. The first-order valence-corrected chi connectivity index (χ1v) is 5.76. The molecule has 0 aromatic rings. The van der Waals surface area contributed by atoms with E-state index in [0.717, 1.165) is 25.9 Å².